The number of nitrogens with one attached hydrogen (secondary N) is 1. The van der Waals surface area contributed by atoms with E-state index < -0.39 is 47.0 Å². The van der Waals surface area contributed by atoms with Crippen LogP contribution in [0, 0.1) is 13.8 Å². The van der Waals surface area contributed by atoms with Gasteiger partial charge in [-0.15, -0.1) is 13.2 Å². The number of benzene rings is 1. The number of halogens is 3. The summed E-state index contributed by atoms with van der Waals surface area (Å²) >= 11 is 0. The summed E-state index contributed by atoms with van der Waals surface area (Å²) in [5.74, 6) is -2.05. The zero-order chi connectivity index (χ0) is 24.8. The molecule has 9 nitrogen and oxygen atoms in total. The van der Waals surface area contributed by atoms with Gasteiger partial charge in [0, 0.05) is 30.6 Å². The molecule has 0 aliphatic rings. The fourth-order valence-electron chi connectivity index (χ4n) is 2.94. The van der Waals surface area contributed by atoms with Crippen LogP contribution < -0.4 is 9.46 Å². The monoisotopic (exact) mass is 492 g/mol. The average molecular weight is 492 g/mol. The molecule has 2 rings (SSSR count). The molecule has 1 aromatic heterocycles. The first-order valence-corrected chi connectivity index (χ1v) is 11.0. The van der Waals surface area contributed by atoms with E-state index in [1.54, 1.807) is 20.1 Å². The number of sulfonamides is 1. The molecule has 1 N–H and O–H groups in total. The van der Waals surface area contributed by atoms with E-state index in [0.29, 0.717) is 24.4 Å². The Hall–Kier alpha value is -2.90. The molecule has 33 heavy (non-hydrogen) atoms. The Kier molecular flexibility index (Phi) is 8.63. The molecule has 0 saturated carbocycles. The summed E-state index contributed by atoms with van der Waals surface area (Å²) in [5.41, 5.74) is 1.89. The number of aryl methyl sites for hydroxylation is 1. The molecular weight excluding hydrogens is 469 g/mol. The van der Waals surface area contributed by atoms with Gasteiger partial charge in [0.05, 0.1) is 11.5 Å². The summed E-state index contributed by atoms with van der Waals surface area (Å²) in [7, 11) is -2.65. The maximum atomic E-state index is 12.4. The Morgan fingerprint density at radius 1 is 1.12 bits per heavy atom. The lowest BCUT2D eigenvalue weighted by atomic mass is 10.1. The third kappa shape index (κ3) is 7.58. The van der Waals surface area contributed by atoms with Crippen LogP contribution in [0.1, 0.15) is 21.7 Å². The van der Waals surface area contributed by atoms with Crippen LogP contribution in [-0.2, 0) is 30.8 Å². The number of rotatable bonds is 11. The molecule has 0 unspecified atom stereocenters. The number of hydrogen-bond donors (Lipinski definition) is 1. The van der Waals surface area contributed by atoms with Crippen LogP contribution in [-0.4, -0.2) is 58.0 Å². The number of ketones is 1. The van der Waals surface area contributed by atoms with E-state index in [1.165, 1.54) is 0 Å². The first kappa shape index (κ1) is 26.4. The summed E-state index contributed by atoms with van der Waals surface area (Å²) in [4.78, 5) is 23.9. The maximum Gasteiger partial charge on any atom is 0.573 e. The lowest BCUT2D eigenvalue weighted by Crippen LogP contribution is -2.31. The Morgan fingerprint density at radius 2 is 1.76 bits per heavy atom. The molecule has 0 aliphatic heterocycles. The number of methoxy groups -OCH3 is 1. The maximum absolute atomic E-state index is 12.4. The summed E-state index contributed by atoms with van der Waals surface area (Å²) in [6.45, 7) is 3.21. The smallest absolute Gasteiger partial charge is 0.456 e. The van der Waals surface area contributed by atoms with E-state index in [2.05, 4.69) is 4.74 Å². The van der Waals surface area contributed by atoms with Crippen molar-refractivity contribution in [1.29, 1.82) is 0 Å². The van der Waals surface area contributed by atoms with E-state index in [4.69, 9.17) is 9.47 Å². The molecule has 13 heteroatoms. The van der Waals surface area contributed by atoms with Crippen molar-refractivity contribution < 1.29 is 45.4 Å². The molecule has 0 amide bonds. The minimum Gasteiger partial charge on any atom is -0.456 e. The van der Waals surface area contributed by atoms with E-state index in [9.17, 15) is 31.2 Å². The molecule has 0 radical (unpaired) electrons. The molecule has 0 atom stereocenters. The minimum absolute atomic E-state index is 0.373. The van der Waals surface area contributed by atoms with Gasteiger partial charge in [-0.25, -0.2) is 8.42 Å². The largest absolute Gasteiger partial charge is 0.573 e. The van der Waals surface area contributed by atoms with Crippen molar-refractivity contribution >= 4 is 21.8 Å². The van der Waals surface area contributed by atoms with Crippen molar-refractivity contribution in [2.24, 2.45) is 0 Å². The van der Waals surface area contributed by atoms with Gasteiger partial charge in [-0.1, -0.05) is 0 Å². The van der Waals surface area contributed by atoms with Crippen LogP contribution in [0.2, 0.25) is 0 Å². The standard InChI is InChI=1S/C20H23F3N2O7S/c1-13-10-17(14(2)25(13)8-9-30-3)18(26)12-31-19(27)11-24-33(28,29)16-6-4-15(5-7-16)32-20(21,22)23/h4-7,10,24H,8-9,11-12H2,1-3H3. The fraction of sp³-hybridized carbons (Fsp3) is 0.400. The van der Waals surface area contributed by atoms with Crippen LogP contribution in [0.25, 0.3) is 0 Å². The Morgan fingerprint density at radius 3 is 2.33 bits per heavy atom. The number of aromatic nitrogens is 1. The van der Waals surface area contributed by atoms with Crippen molar-refractivity contribution in [3.63, 3.8) is 0 Å². The summed E-state index contributed by atoms with van der Waals surface area (Å²) < 4.78 is 78.3. The highest BCUT2D eigenvalue weighted by molar-refractivity contribution is 7.89. The number of hydrogen-bond acceptors (Lipinski definition) is 7. The molecule has 0 bridgehead atoms. The second kappa shape index (κ2) is 10.8. The Labute approximate surface area is 188 Å². The van der Waals surface area contributed by atoms with E-state index in [-0.39, 0.29) is 4.90 Å². The second-order valence-electron chi connectivity index (χ2n) is 6.86. The molecule has 0 saturated heterocycles. The predicted octanol–water partition coefficient (Wildman–Crippen LogP) is 2.35. The van der Waals surface area contributed by atoms with Crippen LogP contribution >= 0.6 is 0 Å². The third-order valence-corrected chi connectivity index (χ3v) is 5.95. The number of carbonyl (C=O) groups is 2. The number of Topliss-reactive ketones (excluding diaryl/α,β-unsaturated/α-hetero) is 1. The fourth-order valence-corrected chi connectivity index (χ4v) is 3.91. The SMILES string of the molecule is COCCn1c(C)cc(C(=O)COC(=O)CNS(=O)(=O)c2ccc(OC(F)(F)F)cc2)c1C. The lowest BCUT2D eigenvalue weighted by molar-refractivity contribution is -0.274. The second-order valence-corrected chi connectivity index (χ2v) is 8.62. The van der Waals surface area contributed by atoms with Crippen molar-refractivity contribution in [3.05, 3.63) is 47.3 Å². The highest BCUT2D eigenvalue weighted by Gasteiger charge is 2.31. The quantitative estimate of drug-likeness (QED) is 0.379. The number of esters is 1. The van der Waals surface area contributed by atoms with Gasteiger partial charge in [0.1, 0.15) is 12.3 Å². The van der Waals surface area contributed by atoms with Gasteiger partial charge in [0.25, 0.3) is 0 Å². The highest BCUT2D eigenvalue weighted by atomic mass is 32.2. The first-order valence-electron chi connectivity index (χ1n) is 9.54. The molecule has 182 valence electrons. The molecular formula is C20H23F3N2O7S. The van der Waals surface area contributed by atoms with Gasteiger partial charge in [0.2, 0.25) is 15.8 Å². The van der Waals surface area contributed by atoms with Gasteiger partial charge >= 0.3 is 12.3 Å². The zero-order valence-corrected chi connectivity index (χ0v) is 18.9. The number of carbonyl (C=O) groups excluding carboxylic acids is 2. The summed E-state index contributed by atoms with van der Waals surface area (Å²) in [6.07, 6.45) is -4.91. The zero-order valence-electron chi connectivity index (χ0n) is 18.1. The van der Waals surface area contributed by atoms with Crippen LogP contribution in [0.15, 0.2) is 35.2 Å². The molecule has 1 aromatic carbocycles. The highest BCUT2D eigenvalue weighted by Crippen LogP contribution is 2.23. The molecule has 0 aliphatic carbocycles. The van der Waals surface area contributed by atoms with Crippen molar-refractivity contribution in [1.82, 2.24) is 9.29 Å². The average Bonchev–Trinajstić information content (AvgIpc) is 3.01. The van der Waals surface area contributed by atoms with E-state index in [0.717, 1.165) is 30.0 Å². The predicted molar refractivity (Wildman–Crippen MR) is 109 cm³/mol. The Bertz CT molecular complexity index is 1090. The first-order chi connectivity index (χ1) is 15.3. The molecule has 0 fully saturated rings. The van der Waals surface area contributed by atoms with Crippen LogP contribution in [0.3, 0.4) is 0 Å². The topological polar surface area (TPSA) is 113 Å². The normalized spacial score (nSPS) is 11.9. The number of ether oxygens (including phenoxy) is 3. The van der Waals surface area contributed by atoms with Gasteiger partial charge in [-0.2, -0.15) is 4.72 Å². The molecule has 1 heterocycles. The van der Waals surface area contributed by atoms with Crippen LogP contribution in [0.4, 0.5) is 13.2 Å². The molecule has 0 spiro atoms. The van der Waals surface area contributed by atoms with Gasteiger partial charge in [0.15, 0.2) is 6.61 Å². The van der Waals surface area contributed by atoms with E-state index >= 15 is 0 Å². The number of alkyl halides is 3. The molecule has 2 aromatic rings. The number of nitrogens with zero attached hydrogens (tertiary/aromatic N) is 1. The van der Waals surface area contributed by atoms with Gasteiger partial charge in [-0.05, 0) is 44.2 Å². The van der Waals surface area contributed by atoms with Crippen molar-refractivity contribution in [2.75, 3.05) is 26.9 Å². The van der Waals surface area contributed by atoms with Crippen molar-refractivity contribution in [2.45, 2.75) is 31.7 Å². The van der Waals surface area contributed by atoms with E-state index in [1.807, 2.05) is 16.2 Å². The van der Waals surface area contributed by atoms with Crippen LogP contribution in [0.5, 0.6) is 5.75 Å². The third-order valence-electron chi connectivity index (χ3n) is 4.53. The van der Waals surface area contributed by atoms with Gasteiger partial charge in [-0.3, -0.25) is 9.59 Å². The minimum atomic E-state index is -4.91. The van der Waals surface area contributed by atoms with Gasteiger partial charge < -0.3 is 18.8 Å². The Balaban J connectivity index is 1.90. The van der Waals surface area contributed by atoms with Crippen molar-refractivity contribution in [3.8, 4) is 5.75 Å². The summed E-state index contributed by atoms with van der Waals surface area (Å²) in [5, 5.41) is 0. The summed E-state index contributed by atoms with van der Waals surface area (Å²) in [6, 6.07) is 5.08. The lowest BCUT2D eigenvalue weighted by Gasteiger charge is -2.10.